The van der Waals surface area contributed by atoms with Crippen LogP contribution in [0.15, 0.2) is 168 Å². The maximum absolute atomic E-state index is 2.33. The zero-order chi connectivity index (χ0) is 28.3. The van der Waals surface area contributed by atoms with E-state index in [1.54, 1.807) is 0 Å². The van der Waals surface area contributed by atoms with Crippen LogP contribution in [0.3, 0.4) is 0 Å². The quantitative estimate of drug-likeness (QED) is 0.193. The van der Waals surface area contributed by atoms with Gasteiger partial charge in [-0.05, 0) is 78.0 Å². The van der Waals surface area contributed by atoms with Gasteiger partial charge in [0.1, 0.15) is 0 Å². The molecule has 0 aliphatic carbocycles. The van der Waals surface area contributed by atoms with Crippen molar-refractivity contribution in [1.82, 2.24) is 0 Å². The molecule has 43 heavy (non-hydrogen) atoms. The van der Waals surface area contributed by atoms with Crippen molar-refractivity contribution in [2.45, 2.75) is 9.79 Å². The number of benzene rings is 8. The number of hydrogen-bond acceptors (Lipinski definition) is 1. The Morgan fingerprint density at radius 1 is 0.302 bits per heavy atom. The lowest BCUT2D eigenvalue weighted by molar-refractivity contribution is 1.40. The predicted octanol–water partition coefficient (Wildman–Crippen LogP) is 12.3. The minimum absolute atomic E-state index is 1.23. The second-order valence-electron chi connectivity index (χ2n) is 11.2. The molecule has 200 valence electrons. The molecule has 1 aliphatic heterocycles. The van der Waals surface area contributed by atoms with Crippen LogP contribution in [0.2, 0.25) is 0 Å². The van der Waals surface area contributed by atoms with E-state index >= 15 is 0 Å². The molecule has 8 aromatic rings. The van der Waals surface area contributed by atoms with Gasteiger partial charge in [-0.15, -0.1) is 0 Å². The first kappa shape index (κ1) is 24.5. The fourth-order valence-corrected chi connectivity index (χ4v) is 8.28. The fraction of sp³-hybridized carbons (Fsp3) is 0. The summed E-state index contributed by atoms with van der Waals surface area (Å²) in [4.78, 5) is 2.65. The number of rotatable bonds is 3. The van der Waals surface area contributed by atoms with Crippen molar-refractivity contribution in [3.63, 3.8) is 0 Å². The van der Waals surface area contributed by atoms with E-state index in [2.05, 4.69) is 158 Å². The minimum atomic E-state index is 1.23. The van der Waals surface area contributed by atoms with E-state index in [1.807, 2.05) is 11.8 Å². The molecule has 0 unspecified atom stereocenters. The van der Waals surface area contributed by atoms with Gasteiger partial charge in [0.2, 0.25) is 0 Å². The van der Waals surface area contributed by atoms with Crippen LogP contribution < -0.4 is 0 Å². The van der Waals surface area contributed by atoms with Crippen LogP contribution in [0.4, 0.5) is 0 Å². The normalized spacial score (nSPS) is 12.1. The second kappa shape index (κ2) is 9.73. The molecule has 0 saturated heterocycles. The minimum Gasteiger partial charge on any atom is -0.0888 e. The van der Waals surface area contributed by atoms with Crippen molar-refractivity contribution in [2.75, 3.05) is 0 Å². The van der Waals surface area contributed by atoms with Gasteiger partial charge in [-0.1, -0.05) is 157 Å². The molecule has 9 rings (SSSR count). The van der Waals surface area contributed by atoms with E-state index in [0.717, 1.165) is 0 Å². The molecular formula is C42H26S. The summed E-state index contributed by atoms with van der Waals surface area (Å²) in [5.41, 5.74) is 10.3. The molecule has 1 aliphatic rings. The average molecular weight is 563 g/mol. The maximum atomic E-state index is 2.33. The van der Waals surface area contributed by atoms with Crippen LogP contribution in [0.1, 0.15) is 0 Å². The Kier molecular flexibility index (Phi) is 5.54. The van der Waals surface area contributed by atoms with Crippen molar-refractivity contribution in [3.05, 3.63) is 158 Å². The SMILES string of the molecule is c1ccc(-c2ccccc2-c2c3ccccc3c(-c3cccc4c3-c3cccc5cccc(c35)S4)c3ccccc23)cc1. The van der Waals surface area contributed by atoms with Crippen LogP contribution in [-0.2, 0) is 0 Å². The van der Waals surface area contributed by atoms with Gasteiger partial charge >= 0.3 is 0 Å². The summed E-state index contributed by atoms with van der Waals surface area (Å²) >= 11 is 1.89. The zero-order valence-corrected chi connectivity index (χ0v) is 24.2. The lowest BCUT2D eigenvalue weighted by Gasteiger charge is -2.25. The van der Waals surface area contributed by atoms with Gasteiger partial charge in [0, 0.05) is 20.7 Å². The Bertz CT molecular complexity index is 2300. The highest BCUT2D eigenvalue weighted by Gasteiger charge is 2.25. The van der Waals surface area contributed by atoms with E-state index in [9.17, 15) is 0 Å². The van der Waals surface area contributed by atoms with Gasteiger partial charge in [0.15, 0.2) is 0 Å². The summed E-state index contributed by atoms with van der Waals surface area (Å²) in [6.45, 7) is 0. The van der Waals surface area contributed by atoms with Gasteiger partial charge in [0.05, 0.1) is 0 Å². The molecule has 1 heterocycles. The van der Waals surface area contributed by atoms with Gasteiger partial charge in [-0.25, -0.2) is 0 Å². The highest BCUT2D eigenvalue weighted by Crippen LogP contribution is 2.54. The molecule has 0 saturated carbocycles. The average Bonchev–Trinajstić information content (AvgIpc) is 3.07. The third kappa shape index (κ3) is 3.72. The topological polar surface area (TPSA) is 0 Å². The summed E-state index contributed by atoms with van der Waals surface area (Å²) in [5, 5.41) is 7.77. The van der Waals surface area contributed by atoms with Crippen molar-refractivity contribution >= 4 is 44.1 Å². The molecule has 0 spiro atoms. The first-order chi connectivity index (χ1) is 21.4. The van der Waals surface area contributed by atoms with Crippen LogP contribution in [-0.4, -0.2) is 0 Å². The summed E-state index contributed by atoms with van der Waals surface area (Å²) < 4.78 is 0. The standard InChI is InChI=1S/C42H26S/c1-2-13-27(14-3-1)29-17-4-5-18-30(29)40-31-19-6-8-21-33(31)41(34-22-9-7-20-32(34)40)36-24-12-26-38-42(36)35-23-10-15-28-16-11-25-37(43-38)39(28)35/h1-26H. The highest BCUT2D eigenvalue weighted by molar-refractivity contribution is 7.99. The molecule has 0 N–H and O–H groups in total. The van der Waals surface area contributed by atoms with E-state index in [-0.39, 0.29) is 0 Å². The van der Waals surface area contributed by atoms with E-state index in [0.29, 0.717) is 0 Å². The Morgan fingerprint density at radius 3 is 1.49 bits per heavy atom. The number of fused-ring (bicyclic) bond motifs is 4. The van der Waals surface area contributed by atoms with E-state index in [4.69, 9.17) is 0 Å². The molecule has 0 aromatic heterocycles. The van der Waals surface area contributed by atoms with Gasteiger partial charge in [0.25, 0.3) is 0 Å². The maximum Gasteiger partial charge on any atom is 0.0207 e. The summed E-state index contributed by atoms with van der Waals surface area (Å²) in [6.07, 6.45) is 0. The summed E-state index contributed by atoms with van der Waals surface area (Å²) in [5.74, 6) is 0. The summed E-state index contributed by atoms with van der Waals surface area (Å²) in [7, 11) is 0. The van der Waals surface area contributed by atoms with E-state index < -0.39 is 0 Å². The first-order valence-electron chi connectivity index (χ1n) is 14.8. The third-order valence-corrected chi connectivity index (χ3v) is 9.98. The second-order valence-corrected chi connectivity index (χ2v) is 12.3. The van der Waals surface area contributed by atoms with Crippen LogP contribution in [0, 0.1) is 0 Å². The first-order valence-corrected chi connectivity index (χ1v) is 15.6. The Morgan fingerprint density at radius 2 is 0.791 bits per heavy atom. The number of hydrogen-bond donors (Lipinski definition) is 0. The molecule has 0 amide bonds. The molecule has 1 heteroatoms. The Labute approximate surface area is 255 Å². The molecular weight excluding hydrogens is 537 g/mol. The Hall–Kier alpha value is -5.11. The van der Waals surface area contributed by atoms with Gasteiger partial charge in [-0.2, -0.15) is 0 Å². The van der Waals surface area contributed by atoms with Crippen molar-refractivity contribution < 1.29 is 0 Å². The van der Waals surface area contributed by atoms with Crippen molar-refractivity contribution in [3.8, 4) is 44.5 Å². The van der Waals surface area contributed by atoms with Crippen LogP contribution in [0.5, 0.6) is 0 Å². The summed E-state index contributed by atoms with van der Waals surface area (Å²) in [6, 6.07) is 57.9. The van der Waals surface area contributed by atoms with E-state index in [1.165, 1.54) is 86.6 Å². The molecule has 0 bridgehead atoms. The molecule has 0 radical (unpaired) electrons. The van der Waals surface area contributed by atoms with Gasteiger partial charge in [-0.3, -0.25) is 0 Å². The van der Waals surface area contributed by atoms with Gasteiger partial charge < -0.3 is 0 Å². The molecule has 0 nitrogen and oxygen atoms in total. The smallest absolute Gasteiger partial charge is 0.0207 e. The molecule has 0 fully saturated rings. The largest absolute Gasteiger partial charge is 0.0888 e. The van der Waals surface area contributed by atoms with Crippen LogP contribution in [0.25, 0.3) is 76.8 Å². The zero-order valence-electron chi connectivity index (χ0n) is 23.4. The fourth-order valence-electron chi connectivity index (χ4n) is 7.10. The Balaban J connectivity index is 1.41. The molecule has 0 atom stereocenters. The lowest BCUT2D eigenvalue weighted by atomic mass is 9.82. The predicted molar refractivity (Wildman–Crippen MR) is 185 cm³/mol. The van der Waals surface area contributed by atoms with Crippen molar-refractivity contribution in [1.29, 1.82) is 0 Å². The lowest BCUT2D eigenvalue weighted by Crippen LogP contribution is -1.97. The highest BCUT2D eigenvalue weighted by atomic mass is 32.2. The van der Waals surface area contributed by atoms with Crippen LogP contribution >= 0.6 is 11.8 Å². The monoisotopic (exact) mass is 562 g/mol. The third-order valence-electron chi connectivity index (χ3n) is 8.86. The van der Waals surface area contributed by atoms with Crippen molar-refractivity contribution in [2.24, 2.45) is 0 Å². The molecule has 8 aromatic carbocycles.